The topological polar surface area (TPSA) is 79.3 Å². The molecule has 0 atom stereocenters. The highest BCUT2D eigenvalue weighted by molar-refractivity contribution is 5.92. The van der Waals surface area contributed by atoms with Crippen molar-refractivity contribution in [1.82, 2.24) is 24.8 Å². The maximum absolute atomic E-state index is 12.5. The second-order valence-corrected chi connectivity index (χ2v) is 7.17. The van der Waals surface area contributed by atoms with E-state index in [1.54, 1.807) is 24.7 Å². The predicted molar refractivity (Wildman–Crippen MR) is 93.9 cm³/mol. The Kier molecular flexibility index (Phi) is 4.36. The van der Waals surface area contributed by atoms with Gasteiger partial charge in [-0.3, -0.25) is 14.6 Å². The van der Waals surface area contributed by atoms with Gasteiger partial charge in [-0.15, -0.1) is 0 Å². The van der Waals surface area contributed by atoms with E-state index in [2.05, 4.69) is 15.0 Å². The highest BCUT2D eigenvalue weighted by Gasteiger charge is 2.45. The highest BCUT2D eigenvalue weighted by atomic mass is 16.2. The second kappa shape index (κ2) is 6.82. The van der Waals surface area contributed by atoms with Gasteiger partial charge in [0, 0.05) is 56.6 Å². The molecule has 0 radical (unpaired) electrons. The fourth-order valence-corrected chi connectivity index (χ4v) is 3.93. The first kappa shape index (κ1) is 16.6. The predicted octanol–water partition coefficient (Wildman–Crippen LogP) is 1.53. The van der Waals surface area contributed by atoms with Crippen LogP contribution in [0.2, 0.25) is 0 Å². The molecular weight excluding hydrogens is 330 g/mol. The van der Waals surface area contributed by atoms with E-state index in [9.17, 15) is 9.59 Å². The lowest BCUT2D eigenvalue weighted by Crippen LogP contribution is -2.44. The van der Waals surface area contributed by atoms with Crippen molar-refractivity contribution < 1.29 is 9.59 Å². The Morgan fingerprint density at radius 1 is 1.08 bits per heavy atom. The Bertz CT molecular complexity index is 788. The molecule has 2 aromatic rings. The molecule has 0 aromatic carbocycles. The summed E-state index contributed by atoms with van der Waals surface area (Å²) in [5.74, 6) is 0.151. The van der Waals surface area contributed by atoms with E-state index in [0.29, 0.717) is 31.7 Å². The van der Waals surface area contributed by atoms with Crippen molar-refractivity contribution in [2.45, 2.75) is 25.8 Å². The number of likely N-dealkylation sites (tertiary alicyclic amines) is 2. The molecule has 2 saturated heterocycles. The summed E-state index contributed by atoms with van der Waals surface area (Å²) in [5.41, 5.74) is 1.52. The number of hydrogen-bond donors (Lipinski definition) is 0. The van der Waals surface area contributed by atoms with E-state index in [0.717, 1.165) is 24.9 Å². The normalized spacial score (nSPS) is 19.2. The maximum atomic E-state index is 12.5. The first-order valence-corrected chi connectivity index (χ1v) is 8.87. The molecule has 2 aromatic heterocycles. The summed E-state index contributed by atoms with van der Waals surface area (Å²) >= 11 is 0. The zero-order valence-electron chi connectivity index (χ0n) is 14.5. The van der Waals surface area contributed by atoms with E-state index < -0.39 is 0 Å². The molecule has 7 nitrogen and oxygen atoms in total. The number of carbonyl (C=O) groups is 2. The summed E-state index contributed by atoms with van der Waals surface area (Å²) in [5, 5.41) is 0. The van der Waals surface area contributed by atoms with Gasteiger partial charge in [-0.2, -0.15) is 0 Å². The molecule has 2 aliphatic rings. The fraction of sp³-hybridized carbons (Fsp3) is 0.421. The molecule has 0 saturated carbocycles. The zero-order valence-corrected chi connectivity index (χ0v) is 14.5. The smallest absolute Gasteiger partial charge is 0.272 e. The number of rotatable bonds is 3. The van der Waals surface area contributed by atoms with E-state index in [1.807, 2.05) is 21.9 Å². The van der Waals surface area contributed by atoms with Gasteiger partial charge in [0.2, 0.25) is 5.91 Å². The standard InChI is InChI=1S/C19H21N5O2/c25-17-11-19(13-24(17)12-15-1-6-20-7-2-15)4-9-23(10-5-19)18(26)16-3-8-21-14-22-16/h1-3,6-8,14H,4-5,9-13H2. The van der Waals surface area contributed by atoms with Gasteiger partial charge in [0.05, 0.1) is 0 Å². The van der Waals surface area contributed by atoms with Crippen LogP contribution in [0.15, 0.2) is 43.1 Å². The Morgan fingerprint density at radius 3 is 2.50 bits per heavy atom. The van der Waals surface area contributed by atoms with Gasteiger partial charge >= 0.3 is 0 Å². The Labute approximate surface area is 152 Å². The molecule has 0 N–H and O–H groups in total. The Balaban J connectivity index is 1.38. The molecule has 4 heterocycles. The van der Waals surface area contributed by atoms with Gasteiger partial charge in [-0.25, -0.2) is 9.97 Å². The van der Waals surface area contributed by atoms with Crippen molar-refractivity contribution in [1.29, 1.82) is 0 Å². The minimum absolute atomic E-state index is 0.00738. The number of aromatic nitrogens is 3. The Hall–Kier alpha value is -2.83. The lowest BCUT2D eigenvalue weighted by atomic mass is 9.77. The number of pyridine rings is 1. The van der Waals surface area contributed by atoms with Crippen LogP contribution in [0, 0.1) is 5.41 Å². The molecule has 7 heteroatoms. The number of amides is 2. The van der Waals surface area contributed by atoms with Crippen LogP contribution in [0.4, 0.5) is 0 Å². The molecule has 2 fully saturated rings. The molecule has 26 heavy (non-hydrogen) atoms. The van der Waals surface area contributed by atoms with E-state index in [1.165, 1.54) is 6.33 Å². The summed E-state index contributed by atoms with van der Waals surface area (Å²) in [4.78, 5) is 40.7. The minimum Gasteiger partial charge on any atom is -0.338 e. The molecule has 2 amide bonds. The van der Waals surface area contributed by atoms with Crippen molar-refractivity contribution >= 4 is 11.8 Å². The molecule has 0 bridgehead atoms. The largest absolute Gasteiger partial charge is 0.338 e. The van der Waals surface area contributed by atoms with Gasteiger partial charge in [0.1, 0.15) is 12.0 Å². The zero-order chi connectivity index (χ0) is 18.0. The van der Waals surface area contributed by atoms with Crippen molar-refractivity contribution in [2.75, 3.05) is 19.6 Å². The van der Waals surface area contributed by atoms with Gasteiger partial charge in [0.25, 0.3) is 5.91 Å². The van der Waals surface area contributed by atoms with E-state index >= 15 is 0 Å². The third kappa shape index (κ3) is 3.29. The van der Waals surface area contributed by atoms with Gasteiger partial charge in [-0.1, -0.05) is 0 Å². The van der Waals surface area contributed by atoms with Gasteiger partial charge < -0.3 is 9.80 Å². The minimum atomic E-state index is -0.0554. The maximum Gasteiger partial charge on any atom is 0.272 e. The molecular formula is C19H21N5O2. The van der Waals surface area contributed by atoms with Crippen LogP contribution in [0.25, 0.3) is 0 Å². The number of piperidine rings is 1. The van der Waals surface area contributed by atoms with E-state index in [-0.39, 0.29) is 17.2 Å². The quantitative estimate of drug-likeness (QED) is 0.838. The summed E-state index contributed by atoms with van der Waals surface area (Å²) in [7, 11) is 0. The number of nitrogens with zero attached hydrogens (tertiary/aromatic N) is 5. The lowest BCUT2D eigenvalue weighted by Gasteiger charge is -2.38. The Morgan fingerprint density at radius 2 is 1.81 bits per heavy atom. The van der Waals surface area contributed by atoms with Crippen LogP contribution in [0.3, 0.4) is 0 Å². The molecule has 134 valence electrons. The summed E-state index contributed by atoms with van der Waals surface area (Å²) < 4.78 is 0. The van der Waals surface area contributed by atoms with Crippen LogP contribution in [-0.4, -0.2) is 56.2 Å². The van der Waals surface area contributed by atoms with Crippen LogP contribution in [0.5, 0.6) is 0 Å². The number of hydrogen-bond acceptors (Lipinski definition) is 5. The van der Waals surface area contributed by atoms with Gasteiger partial charge in [-0.05, 0) is 36.6 Å². The van der Waals surface area contributed by atoms with Crippen LogP contribution in [-0.2, 0) is 11.3 Å². The first-order valence-electron chi connectivity index (χ1n) is 8.87. The average Bonchev–Trinajstić information content (AvgIpc) is 2.98. The van der Waals surface area contributed by atoms with Crippen molar-refractivity contribution in [2.24, 2.45) is 5.41 Å². The second-order valence-electron chi connectivity index (χ2n) is 7.17. The van der Waals surface area contributed by atoms with Crippen LogP contribution in [0.1, 0.15) is 35.3 Å². The third-order valence-corrected chi connectivity index (χ3v) is 5.44. The fourth-order valence-electron chi connectivity index (χ4n) is 3.93. The van der Waals surface area contributed by atoms with Crippen LogP contribution >= 0.6 is 0 Å². The van der Waals surface area contributed by atoms with Gasteiger partial charge in [0.15, 0.2) is 0 Å². The molecule has 1 spiro atoms. The molecule has 0 aliphatic carbocycles. The van der Waals surface area contributed by atoms with Crippen molar-refractivity contribution in [3.63, 3.8) is 0 Å². The SMILES string of the molecule is O=C1CC2(CCN(C(=O)c3ccncn3)CC2)CN1Cc1ccncc1. The first-order chi connectivity index (χ1) is 12.7. The summed E-state index contributed by atoms with van der Waals surface area (Å²) in [6.07, 6.45) is 8.76. The van der Waals surface area contributed by atoms with Crippen LogP contribution < -0.4 is 0 Å². The number of carbonyl (C=O) groups excluding carboxylic acids is 2. The molecule has 0 unspecified atom stereocenters. The summed E-state index contributed by atoms with van der Waals surface area (Å²) in [6, 6.07) is 5.53. The summed E-state index contributed by atoms with van der Waals surface area (Å²) in [6.45, 7) is 2.73. The average molecular weight is 351 g/mol. The lowest BCUT2D eigenvalue weighted by molar-refractivity contribution is -0.128. The van der Waals surface area contributed by atoms with E-state index in [4.69, 9.17) is 0 Å². The highest BCUT2D eigenvalue weighted by Crippen LogP contribution is 2.41. The van der Waals surface area contributed by atoms with Crippen molar-refractivity contribution in [3.05, 3.63) is 54.4 Å². The van der Waals surface area contributed by atoms with Crippen molar-refractivity contribution in [3.8, 4) is 0 Å². The monoisotopic (exact) mass is 351 g/mol. The third-order valence-electron chi connectivity index (χ3n) is 5.44. The molecule has 2 aliphatic heterocycles. The molecule has 4 rings (SSSR count).